The molecule has 0 aliphatic carbocycles. The Morgan fingerprint density at radius 3 is 2.76 bits per heavy atom. The zero-order chi connectivity index (χ0) is 15.2. The number of carboxylic acid groups (broad SMARTS) is 1. The highest BCUT2D eigenvalue weighted by Gasteiger charge is 2.19. The van der Waals surface area contributed by atoms with Gasteiger partial charge in [-0.2, -0.15) is 5.10 Å². The first kappa shape index (κ1) is 15.1. The fourth-order valence-electron chi connectivity index (χ4n) is 2.25. The largest absolute Gasteiger partial charge is 0.492 e. The lowest BCUT2D eigenvalue weighted by Gasteiger charge is -2.13. The van der Waals surface area contributed by atoms with Crippen LogP contribution in [0.25, 0.3) is 5.69 Å². The van der Waals surface area contributed by atoms with Gasteiger partial charge < -0.3 is 9.84 Å². The molecule has 0 bridgehead atoms. The highest BCUT2D eigenvalue weighted by molar-refractivity contribution is 5.88. The quantitative estimate of drug-likeness (QED) is 0.849. The van der Waals surface area contributed by atoms with Gasteiger partial charge in [-0.1, -0.05) is 25.5 Å². The molecule has 0 aliphatic rings. The van der Waals surface area contributed by atoms with E-state index in [1.54, 1.807) is 4.68 Å². The standard InChI is InChI=1S/C16H20N2O3/c1-3-5-8-13-12(16(19)20)11-17-18(13)14-9-6-7-10-15(14)21-4-2/h6-7,9-11H,3-5,8H2,1-2H3,(H,19,20). The minimum atomic E-state index is -0.943. The Morgan fingerprint density at radius 1 is 1.33 bits per heavy atom. The van der Waals surface area contributed by atoms with Gasteiger partial charge in [0.05, 0.1) is 18.5 Å². The number of aromatic nitrogens is 2. The van der Waals surface area contributed by atoms with Crippen molar-refractivity contribution in [3.63, 3.8) is 0 Å². The number of rotatable bonds is 7. The van der Waals surface area contributed by atoms with Gasteiger partial charge in [-0.05, 0) is 31.9 Å². The monoisotopic (exact) mass is 288 g/mol. The summed E-state index contributed by atoms with van der Waals surface area (Å²) in [6.07, 6.45) is 4.01. The molecule has 0 saturated carbocycles. The minimum absolute atomic E-state index is 0.259. The maximum absolute atomic E-state index is 11.4. The number of carbonyl (C=O) groups is 1. The maximum Gasteiger partial charge on any atom is 0.339 e. The highest BCUT2D eigenvalue weighted by atomic mass is 16.5. The number of ether oxygens (including phenoxy) is 1. The van der Waals surface area contributed by atoms with Crippen LogP contribution in [0.3, 0.4) is 0 Å². The van der Waals surface area contributed by atoms with Crippen molar-refractivity contribution in [3.05, 3.63) is 41.7 Å². The van der Waals surface area contributed by atoms with Gasteiger partial charge in [-0.3, -0.25) is 0 Å². The lowest BCUT2D eigenvalue weighted by molar-refractivity contribution is 0.0695. The summed E-state index contributed by atoms with van der Waals surface area (Å²) < 4.78 is 7.30. The van der Waals surface area contributed by atoms with E-state index in [4.69, 9.17) is 4.74 Å². The fourth-order valence-corrected chi connectivity index (χ4v) is 2.25. The van der Waals surface area contributed by atoms with Crippen molar-refractivity contribution in [1.82, 2.24) is 9.78 Å². The SMILES string of the molecule is CCCCc1c(C(=O)O)cnn1-c1ccccc1OCC. The highest BCUT2D eigenvalue weighted by Crippen LogP contribution is 2.25. The Morgan fingerprint density at radius 2 is 2.10 bits per heavy atom. The molecule has 5 nitrogen and oxygen atoms in total. The number of unbranched alkanes of at least 4 members (excludes halogenated alkanes) is 1. The molecule has 21 heavy (non-hydrogen) atoms. The van der Waals surface area contributed by atoms with Gasteiger partial charge in [0.2, 0.25) is 0 Å². The summed E-state index contributed by atoms with van der Waals surface area (Å²) in [4.78, 5) is 11.4. The summed E-state index contributed by atoms with van der Waals surface area (Å²) in [6.45, 7) is 4.55. The van der Waals surface area contributed by atoms with E-state index in [0.717, 1.165) is 24.2 Å². The summed E-state index contributed by atoms with van der Waals surface area (Å²) in [5, 5.41) is 13.6. The summed E-state index contributed by atoms with van der Waals surface area (Å²) in [5.41, 5.74) is 1.75. The van der Waals surface area contributed by atoms with Crippen LogP contribution in [0, 0.1) is 0 Å². The average molecular weight is 288 g/mol. The van der Waals surface area contributed by atoms with E-state index in [-0.39, 0.29) is 5.56 Å². The summed E-state index contributed by atoms with van der Waals surface area (Å²) in [5.74, 6) is -0.237. The second-order valence-electron chi connectivity index (χ2n) is 4.73. The van der Waals surface area contributed by atoms with Gasteiger partial charge in [0.15, 0.2) is 0 Å². The van der Waals surface area contributed by atoms with Gasteiger partial charge in [0.25, 0.3) is 0 Å². The van der Waals surface area contributed by atoms with Gasteiger partial charge >= 0.3 is 5.97 Å². The molecule has 0 unspecified atom stereocenters. The number of para-hydroxylation sites is 2. The fraction of sp³-hybridized carbons (Fsp3) is 0.375. The van der Waals surface area contributed by atoms with Crippen molar-refractivity contribution in [2.24, 2.45) is 0 Å². The molecule has 0 atom stereocenters. The summed E-state index contributed by atoms with van der Waals surface area (Å²) in [7, 11) is 0. The van der Waals surface area contributed by atoms with Gasteiger partial charge in [-0.25, -0.2) is 9.48 Å². The molecular formula is C16H20N2O3. The first-order valence-corrected chi connectivity index (χ1v) is 7.21. The van der Waals surface area contributed by atoms with Gasteiger partial charge in [0, 0.05) is 0 Å². The van der Waals surface area contributed by atoms with Crippen molar-refractivity contribution in [2.75, 3.05) is 6.61 Å². The Balaban J connectivity index is 2.50. The molecule has 0 radical (unpaired) electrons. The van der Waals surface area contributed by atoms with E-state index >= 15 is 0 Å². The van der Waals surface area contributed by atoms with E-state index in [0.29, 0.717) is 18.8 Å². The van der Waals surface area contributed by atoms with Gasteiger partial charge in [-0.15, -0.1) is 0 Å². The van der Waals surface area contributed by atoms with Crippen LogP contribution < -0.4 is 4.74 Å². The van der Waals surface area contributed by atoms with Crippen molar-refractivity contribution < 1.29 is 14.6 Å². The molecule has 1 N–H and O–H groups in total. The number of aromatic carboxylic acids is 1. The third-order valence-electron chi connectivity index (χ3n) is 3.26. The second kappa shape index (κ2) is 6.92. The van der Waals surface area contributed by atoms with Crippen LogP contribution in [0.2, 0.25) is 0 Å². The van der Waals surface area contributed by atoms with Crippen LogP contribution in [-0.4, -0.2) is 27.5 Å². The topological polar surface area (TPSA) is 64.3 Å². The van der Waals surface area contributed by atoms with Crippen molar-refractivity contribution >= 4 is 5.97 Å². The smallest absolute Gasteiger partial charge is 0.339 e. The van der Waals surface area contributed by atoms with Crippen LogP contribution in [0.5, 0.6) is 5.75 Å². The molecule has 2 aromatic rings. The molecule has 1 aromatic carbocycles. The third kappa shape index (κ3) is 3.24. The van der Waals surface area contributed by atoms with Crippen LogP contribution in [-0.2, 0) is 6.42 Å². The number of benzene rings is 1. The first-order chi connectivity index (χ1) is 10.2. The number of hydrogen-bond donors (Lipinski definition) is 1. The predicted molar refractivity (Wildman–Crippen MR) is 80.3 cm³/mol. The predicted octanol–water partition coefficient (Wildman–Crippen LogP) is 3.31. The third-order valence-corrected chi connectivity index (χ3v) is 3.26. The minimum Gasteiger partial charge on any atom is -0.492 e. The number of nitrogens with zero attached hydrogens (tertiary/aromatic N) is 2. The Hall–Kier alpha value is -2.30. The van der Waals surface area contributed by atoms with E-state index in [9.17, 15) is 9.90 Å². The van der Waals surface area contributed by atoms with Crippen molar-refractivity contribution in [1.29, 1.82) is 0 Å². The molecule has 1 aromatic heterocycles. The average Bonchev–Trinajstić information content (AvgIpc) is 2.90. The molecule has 2 rings (SSSR count). The van der Waals surface area contributed by atoms with Crippen molar-refractivity contribution in [3.8, 4) is 11.4 Å². The van der Waals surface area contributed by atoms with Crippen LogP contribution >= 0.6 is 0 Å². The molecule has 112 valence electrons. The molecule has 0 saturated heterocycles. The molecule has 1 heterocycles. The molecule has 0 fully saturated rings. The van der Waals surface area contributed by atoms with E-state index in [1.165, 1.54) is 6.20 Å². The van der Waals surface area contributed by atoms with Gasteiger partial charge in [0.1, 0.15) is 17.0 Å². The molecule has 0 aliphatic heterocycles. The van der Waals surface area contributed by atoms with Crippen LogP contribution in [0.15, 0.2) is 30.5 Å². The summed E-state index contributed by atoms with van der Waals surface area (Å²) >= 11 is 0. The Labute approximate surface area is 124 Å². The van der Waals surface area contributed by atoms with E-state index in [2.05, 4.69) is 12.0 Å². The lowest BCUT2D eigenvalue weighted by Crippen LogP contribution is -2.08. The zero-order valence-electron chi connectivity index (χ0n) is 12.4. The number of carboxylic acids is 1. The van der Waals surface area contributed by atoms with E-state index < -0.39 is 5.97 Å². The number of hydrogen-bond acceptors (Lipinski definition) is 3. The van der Waals surface area contributed by atoms with Crippen molar-refractivity contribution in [2.45, 2.75) is 33.1 Å². The summed E-state index contributed by atoms with van der Waals surface area (Å²) in [6, 6.07) is 7.54. The maximum atomic E-state index is 11.4. The lowest BCUT2D eigenvalue weighted by atomic mass is 10.1. The molecule has 0 spiro atoms. The van der Waals surface area contributed by atoms with E-state index in [1.807, 2.05) is 31.2 Å². The van der Waals surface area contributed by atoms with Crippen LogP contribution in [0.1, 0.15) is 42.7 Å². The van der Waals surface area contributed by atoms with Crippen LogP contribution in [0.4, 0.5) is 0 Å². The second-order valence-corrected chi connectivity index (χ2v) is 4.73. The molecule has 0 amide bonds. The zero-order valence-corrected chi connectivity index (χ0v) is 12.4. The normalized spacial score (nSPS) is 10.6. The molecule has 5 heteroatoms. The Bertz CT molecular complexity index is 620. The Kier molecular flexibility index (Phi) is 4.98. The first-order valence-electron chi connectivity index (χ1n) is 7.21. The molecular weight excluding hydrogens is 268 g/mol.